The van der Waals surface area contributed by atoms with E-state index in [9.17, 15) is 4.79 Å². The summed E-state index contributed by atoms with van der Waals surface area (Å²) in [5.41, 5.74) is 0.706. The van der Waals surface area contributed by atoms with Crippen LogP contribution >= 0.6 is 15.9 Å². The van der Waals surface area contributed by atoms with Gasteiger partial charge in [0.05, 0.1) is 11.9 Å². The molecule has 2 aliphatic rings. The number of nitrogens with one attached hydrogen (secondary N) is 1. The molecule has 0 aromatic carbocycles. The van der Waals surface area contributed by atoms with Crippen molar-refractivity contribution in [1.82, 2.24) is 14.7 Å². The fourth-order valence-corrected chi connectivity index (χ4v) is 4.08. The molecule has 2 unspecified atom stereocenters. The van der Waals surface area contributed by atoms with E-state index in [-0.39, 0.29) is 5.56 Å². The van der Waals surface area contributed by atoms with Gasteiger partial charge in [-0.2, -0.15) is 5.10 Å². The zero-order valence-corrected chi connectivity index (χ0v) is 13.6. The van der Waals surface area contributed by atoms with Gasteiger partial charge in [0.1, 0.15) is 4.47 Å². The molecule has 1 N–H and O–H groups in total. The highest BCUT2D eigenvalue weighted by atomic mass is 79.9. The van der Waals surface area contributed by atoms with Crippen LogP contribution in [0.15, 0.2) is 15.5 Å². The largest absolute Gasteiger partial charge is 0.382 e. The summed E-state index contributed by atoms with van der Waals surface area (Å²) in [4.78, 5) is 14.4. The number of piperidine rings is 1. The van der Waals surface area contributed by atoms with E-state index >= 15 is 0 Å². The maximum Gasteiger partial charge on any atom is 0.282 e. The Morgan fingerprint density at radius 2 is 2.00 bits per heavy atom. The predicted octanol–water partition coefficient (Wildman–Crippen LogP) is 1.83. The summed E-state index contributed by atoms with van der Waals surface area (Å²) in [5, 5.41) is 7.45. The molecule has 0 aliphatic carbocycles. The fraction of sp³-hybridized carbons (Fsp3) is 0.714. The third-order valence-electron chi connectivity index (χ3n) is 4.86. The Bertz CT molecular complexity index is 545. The van der Waals surface area contributed by atoms with Crippen molar-refractivity contribution in [3.63, 3.8) is 0 Å². The van der Waals surface area contributed by atoms with Gasteiger partial charge in [0.2, 0.25) is 0 Å². The summed E-state index contributed by atoms with van der Waals surface area (Å²) in [6.07, 6.45) is 6.92. The molecule has 3 rings (SSSR count). The smallest absolute Gasteiger partial charge is 0.282 e. The molecule has 1 aromatic heterocycles. The summed E-state index contributed by atoms with van der Waals surface area (Å²) in [7, 11) is 3.92. The van der Waals surface area contributed by atoms with Crippen molar-refractivity contribution in [1.29, 1.82) is 0 Å². The molecule has 1 aromatic rings. The maximum atomic E-state index is 11.8. The minimum atomic E-state index is -0.0987. The number of hydrogen-bond donors (Lipinski definition) is 1. The number of aromatic nitrogens is 2. The SMILES string of the molecule is CN1C2CCC1CC(CNc1cnn(C)c(=O)c1Br)C2. The molecular formula is C14H21BrN4O. The third kappa shape index (κ3) is 2.51. The van der Waals surface area contributed by atoms with Gasteiger partial charge in [0.15, 0.2) is 0 Å². The Morgan fingerprint density at radius 3 is 2.65 bits per heavy atom. The first-order chi connectivity index (χ1) is 9.56. The minimum absolute atomic E-state index is 0.0987. The van der Waals surface area contributed by atoms with Gasteiger partial charge in [-0.1, -0.05) is 0 Å². The molecule has 2 saturated heterocycles. The molecule has 2 atom stereocenters. The Hall–Kier alpha value is -0.880. The standard InChI is InChI=1S/C14H21BrN4O/c1-18-10-3-4-11(18)6-9(5-10)7-16-12-8-17-19(2)14(20)13(12)15/h8-11,16H,3-7H2,1-2H3. The van der Waals surface area contributed by atoms with Crippen LogP contribution in [0.5, 0.6) is 0 Å². The summed E-state index contributed by atoms with van der Waals surface area (Å²) in [6.45, 7) is 0.925. The van der Waals surface area contributed by atoms with Crippen molar-refractivity contribution < 1.29 is 0 Å². The van der Waals surface area contributed by atoms with Gasteiger partial charge in [0, 0.05) is 25.7 Å². The average molecular weight is 341 g/mol. The third-order valence-corrected chi connectivity index (χ3v) is 5.62. The molecule has 20 heavy (non-hydrogen) atoms. The first kappa shape index (κ1) is 14.1. The molecule has 0 radical (unpaired) electrons. The Labute approximate surface area is 127 Å². The van der Waals surface area contributed by atoms with E-state index in [1.807, 2.05) is 0 Å². The van der Waals surface area contributed by atoms with Crippen molar-refractivity contribution in [2.24, 2.45) is 13.0 Å². The van der Waals surface area contributed by atoms with Crippen LogP contribution in [0.4, 0.5) is 5.69 Å². The lowest BCUT2D eigenvalue weighted by Gasteiger charge is -2.36. The highest BCUT2D eigenvalue weighted by Crippen LogP contribution is 2.37. The number of aryl methyl sites for hydroxylation is 1. The zero-order chi connectivity index (χ0) is 14.3. The summed E-state index contributed by atoms with van der Waals surface area (Å²) < 4.78 is 1.91. The van der Waals surface area contributed by atoms with Gasteiger partial charge < -0.3 is 10.2 Å². The lowest BCUT2D eigenvalue weighted by molar-refractivity contribution is 0.139. The number of anilines is 1. The first-order valence-electron chi connectivity index (χ1n) is 7.24. The molecule has 0 spiro atoms. The van der Waals surface area contributed by atoms with Gasteiger partial charge in [0.25, 0.3) is 5.56 Å². The number of nitrogens with zero attached hydrogens (tertiary/aromatic N) is 3. The van der Waals surface area contributed by atoms with Crippen molar-refractivity contribution in [3.05, 3.63) is 21.0 Å². The van der Waals surface area contributed by atoms with E-state index in [2.05, 4.69) is 38.3 Å². The van der Waals surface area contributed by atoms with Crippen molar-refractivity contribution >= 4 is 21.6 Å². The van der Waals surface area contributed by atoms with Crippen LogP contribution in [0.2, 0.25) is 0 Å². The van der Waals surface area contributed by atoms with Crippen LogP contribution in [-0.4, -0.2) is 40.4 Å². The summed E-state index contributed by atoms with van der Waals surface area (Å²) >= 11 is 3.36. The highest BCUT2D eigenvalue weighted by molar-refractivity contribution is 9.10. The second-order valence-electron chi connectivity index (χ2n) is 6.07. The second-order valence-corrected chi connectivity index (χ2v) is 6.86. The van der Waals surface area contributed by atoms with E-state index in [4.69, 9.17) is 0 Å². The lowest BCUT2D eigenvalue weighted by atomic mass is 9.91. The van der Waals surface area contributed by atoms with Gasteiger partial charge >= 0.3 is 0 Å². The maximum absolute atomic E-state index is 11.8. The van der Waals surface area contributed by atoms with Gasteiger partial charge in [-0.25, -0.2) is 4.68 Å². The van der Waals surface area contributed by atoms with Crippen LogP contribution in [0.25, 0.3) is 0 Å². The molecule has 110 valence electrons. The van der Waals surface area contributed by atoms with E-state index in [0.29, 0.717) is 10.4 Å². The van der Waals surface area contributed by atoms with E-state index < -0.39 is 0 Å². The Balaban J connectivity index is 1.63. The van der Waals surface area contributed by atoms with Crippen LogP contribution in [0, 0.1) is 5.92 Å². The highest BCUT2D eigenvalue weighted by Gasteiger charge is 2.38. The van der Waals surface area contributed by atoms with Crippen LogP contribution < -0.4 is 10.9 Å². The van der Waals surface area contributed by atoms with Crippen molar-refractivity contribution in [2.75, 3.05) is 18.9 Å². The van der Waals surface area contributed by atoms with E-state index in [0.717, 1.165) is 24.3 Å². The van der Waals surface area contributed by atoms with E-state index in [1.54, 1.807) is 13.2 Å². The van der Waals surface area contributed by atoms with Crippen molar-refractivity contribution in [3.8, 4) is 0 Å². The molecule has 0 amide bonds. The average Bonchev–Trinajstić information content (AvgIpc) is 2.66. The lowest BCUT2D eigenvalue weighted by Crippen LogP contribution is -2.41. The van der Waals surface area contributed by atoms with Crippen molar-refractivity contribution in [2.45, 2.75) is 37.8 Å². The number of fused-ring (bicyclic) bond motifs is 2. The number of halogens is 1. The molecule has 2 fully saturated rings. The molecule has 6 heteroatoms. The molecule has 2 aliphatic heterocycles. The topological polar surface area (TPSA) is 50.2 Å². The van der Waals surface area contributed by atoms with Crippen LogP contribution in [-0.2, 0) is 7.05 Å². The van der Waals surface area contributed by atoms with Gasteiger partial charge in [-0.15, -0.1) is 0 Å². The predicted molar refractivity (Wildman–Crippen MR) is 83.0 cm³/mol. The first-order valence-corrected chi connectivity index (χ1v) is 8.03. The molecular weight excluding hydrogens is 320 g/mol. The zero-order valence-electron chi connectivity index (χ0n) is 12.0. The summed E-state index contributed by atoms with van der Waals surface area (Å²) in [6, 6.07) is 1.51. The van der Waals surface area contributed by atoms with Crippen LogP contribution in [0.1, 0.15) is 25.7 Å². The quantitative estimate of drug-likeness (QED) is 0.911. The van der Waals surface area contributed by atoms with Gasteiger partial charge in [-0.3, -0.25) is 4.79 Å². The molecule has 0 saturated carbocycles. The monoisotopic (exact) mass is 340 g/mol. The normalized spacial score (nSPS) is 29.6. The molecule has 3 heterocycles. The Kier molecular flexibility index (Phi) is 3.86. The number of hydrogen-bond acceptors (Lipinski definition) is 4. The van der Waals surface area contributed by atoms with E-state index in [1.165, 1.54) is 30.4 Å². The molecule has 5 nitrogen and oxygen atoms in total. The van der Waals surface area contributed by atoms with Crippen LogP contribution in [0.3, 0.4) is 0 Å². The molecule has 2 bridgehead atoms. The minimum Gasteiger partial charge on any atom is -0.382 e. The summed E-state index contributed by atoms with van der Waals surface area (Å²) in [5.74, 6) is 0.694. The number of rotatable bonds is 3. The second kappa shape index (κ2) is 5.48. The fourth-order valence-electron chi connectivity index (χ4n) is 3.58. The Morgan fingerprint density at radius 1 is 1.35 bits per heavy atom. The van der Waals surface area contributed by atoms with Gasteiger partial charge in [-0.05, 0) is 54.6 Å².